The molecule has 29 heavy (non-hydrogen) atoms. The average molecular weight is 447 g/mol. The summed E-state index contributed by atoms with van der Waals surface area (Å²) in [4.78, 5) is 14.0. The molecule has 5 nitrogen and oxygen atoms in total. The van der Waals surface area contributed by atoms with Crippen molar-refractivity contribution < 1.29 is 13.2 Å². The summed E-state index contributed by atoms with van der Waals surface area (Å²) in [6.07, 6.45) is 0. The lowest BCUT2D eigenvalue weighted by Crippen LogP contribution is -2.18. The van der Waals surface area contributed by atoms with E-state index in [4.69, 9.17) is 0 Å². The third-order valence-corrected chi connectivity index (χ3v) is 8.22. The predicted molar refractivity (Wildman–Crippen MR) is 119 cm³/mol. The van der Waals surface area contributed by atoms with E-state index in [9.17, 15) is 13.2 Å². The van der Waals surface area contributed by atoms with Crippen molar-refractivity contribution >= 4 is 44.7 Å². The first-order chi connectivity index (χ1) is 13.7. The summed E-state index contributed by atoms with van der Waals surface area (Å²) >= 11 is 2.79. The molecule has 3 rings (SSSR count). The molecule has 1 aromatic heterocycles. The van der Waals surface area contributed by atoms with Gasteiger partial charge in [0.25, 0.3) is 10.0 Å². The van der Waals surface area contributed by atoms with E-state index in [0.717, 1.165) is 21.1 Å². The highest BCUT2D eigenvalue weighted by atomic mass is 32.2. The van der Waals surface area contributed by atoms with Crippen molar-refractivity contribution in [2.45, 2.75) is 41.3 Å². The first-order valence-electron chi connectivity index (χ1n) is 8.94. The summed E-state index contributed by atoms with van der Waals surface area (Å²) in [5.74, 6) is -0.153. The van der Waals surface area contributed by atoms with Crippen LogP contribution in [0, 0.1) is 13.8 Å². The van der Waals surface area contributed by atoms with Crippen molar-refractivity contribution in [2.24, 2.45) is 0 Å². The van der Waals surface area contributed by atoms with Gasteiger partial charge in [-0.1, -0.05) is 29.5 Å². The van der Waals surface area contributed by atoms with Crippen molar-refractivity contribution in [2.75, 3.05) is 4.72 Å². The zero-order valence-electron chi connectivity index (χ0n) is 16.4. The number of amides is 1. The van der Waals surface area contributed by atoms with Crippen LogP contribution < -0.4 is 10.0 Å². The normalized spacial score (nSPS) is 11.3. The van der Waals surface area contributed by atoms with Crippen molar-refractivity contribution in [3.63, 3.8) is 0 Å². The third kappa shape index (κ3) is 5.85. The predicted octanol–water partition coefficient (Wildman–Crippen LogP) is 4.95. The van der Waals surface area contributed by atoms with Gasteiger partial charge in [-0.25, -0.2) is 8.42 Å². The fraction of sp³-hybridized carbons (Fsp3) is 0.190. The van der Waals surface area contributed by atoms with Gasteiger partial charge in [0, 0.05) is 27.3 Å². The lowest BCUT2D eigenvalue weighted by Gasteiger charge is -2.09. The van der Waals surface area contributed by atoms with Crippen molar-refractivity contribution in [3.8, 4) is 0 Å². The number of hydrogen-bond acceptors (Lipinski definition) is 5. The van der Waals surface area contributed by atoms with E-state index in [0.29, 0.717) is 12.2 Å². The molecule has 8 heteroatoms. The molecule has 0 aliphatic heterocycles. The van der Waals surface area contributed by atoms with Gasteiger partial charge in [-0.3, -0.25) is 9.52 Å². The van der Waals surface area contributed by atoms with Crippen LogP contribution in [0.25, 0.3) is 0 Å². The van der Waals surface area contributed by atoms with E-state index in [1.165, 1.54) is 22.9 Å². The fourth-order valence-corrected chi connectivity index (χ4v) is 5.88. The number of hydrogen-bond donors (Lipinski definition) is 2. The monoisotopic (exact) mass is 446 g/mol. The number of aryl methyl sites for hydroxylation is 2. The summed E-state index contributed by atoms with van der Waals surface area (Å²) in [5, 5.41) is 2.66. The van der Waals surface area contributed by atoms with Gasteiger partial charge in [0.05, 0.1) is 6.54 Å². The molecule has 0 fully saturated rings. The molecule has 0 radical (unpaired) electrons. The van der Waals surface area contributed by atoms with E-state index in [-0.39, 0.29) is 10.1 Å². The van der Waals surface area contributed by atoms with E-state index in [2.05, 4.69) is 42.1 Å². The smallest absolute Gasteiger partial charge is 0.271 e. The number of carbonyl (C=O) groups is 1. The van der Waals surface area contributed by atoms with Crippen LogP contribution >= 0.6 is 23.1 Å². The molecule has 2 N–H and O–H groups in total. The lowest BCUT2D eigenvalue weighted by atomic mass is 10.2. The number of benzene rings is 2. The molecular formula is C21H22N2O3S3. The Morgan fingerprint density at radius 2 is 1.76 bits per heavy atom. The van der Waals surface area contributed by atoms with Crippen molar-refractivity contribution in [1.29, 1.82) is 0 Å². The Labute approximate surface area is 179 Å². The van der Waals surface area contributed by atoms with Crippen molar-refractivity contribution in [1.82, 2.24) is 5.32 Å². The molecule has 0 atom stereocenters. The Morgan fingerprint density at radius 1 is 1.03 bits per heavy atom. The molecular weight excluding hydrogens is 424 g/mol. The Balaban J connectivity index is 1.67. The lowest BCUT2D eigenvalue weighted by molar-refractivity contribution is -0.119. The van der Waals surface area contributed by atoms with Gasteiger partial charge in [0.2, 0.25) is 5.91 Å². The molecule has 0 aliphatic rings. The Morgan fingerprint density at radius 3 is 2.41 bits per heavy atom. The zero-order valence-corrected chi connectivity index (χ0v) is 18.8. The van der Waals surface area contributed by atoms with Crippen LogP contribution in [0.15, 0.2) is 68.6 Å². The van der Waals surface area contributed by atoms with Crippen LogP contribution in [-0.4, -0.2) is 14.3 Å². The summed E-state index contributed by atoms with van der Waals surface area (Å²) in [7, 11) is -3.67. The molecule has 0 saturated heterocycles. The summed E-state index contributed by atoms with van der Waals surface area (Å²) < 4.78 is 28.0. The van der Waals surface area contributed by atoms with Gasteiger partial charge in [0.1, 0.15) is 4.21 Å². The maximum Gasteiger partial charge on any atom is 0.271 e. The van der Waals surface area contributed by atoms with Crippen LogP contribution in [0.4, 0.5) is 5.69 Å². The van der Waals surface area contributed by atoms with Gasteiger partial charge in [0.15, 0.2) is 0 Å². The second kappa shape index (κ2) is 9.02. The highest BCUT2D eigenvalue weighted by Crippen LogP contribution is 2.32. The minimum absolute atomic E-state index is 0.153. The second-order valence-corrected chi connectivity index (χ2v) is 10.8. The molecule has 152 valence electrons. The summed E-state index contributed by atoms with van der Waals surface area (Å²) in [6, 6.07) is 16.9. The number of carbonyl (C=O) groups excluding carboxylic acids is 1. The van der Waals surface area contributed by atoms with Gasteiger partial charge < -0.3 is 5.32 Å². The molecule has 2 aromatic carbocycles. The van der Waals surface area contributed by atoms with E-state index < -0.39 is 10.0 Å². The Kier molecular flexibility index (Phi) is 6.66. The number of anilines is 1. The van der Waals surface area contributed by atoms with E-state index in [1.54, 1.807) is 36.0 Å². The minimum atomic E-state index is -3.67. The van der Waals surface area contributed by atoms with Gasteiger partial charge in [-0.05, 0) is 61.9 Å². The van der Waals surface area contributed by atoms with Crippen LogP contribution in [0.3, 0.4) is 0 Å². The van der Waals surface area contributed by atoms with Gasteiger partial charge in [-0.15, -0.1) is 11.3 Å². The van der Waals surface area contributed by atoms with E-state index in [1.807, 2.05) is 12.1 Å². The summed E-state index contributed by atoms with van der Waals surface area (Å²) in [5.41, 5.74) is 2.95. The second-order valence-electron chi connectivity index (χ2n) is 6.63. The average Bonchev–Trinajstić information content (AvgIpc) is 3.14. The van der Waals surface area contributed by atoms with Crippen LogP contribution in [-0.2, 0) is 21.4 Å². The zero-order chi connectivity index (χ0) is 21.0. The molecule has 0 spiro atoms. The SMILES string of the molecule is CC(=O)NCc1ccc(S(=O)(=O)Nc2ccc(Sc3ccc(C)cc3C)cc2)s1. The molecule has 3 aromatic rings. The van der Waals surface area contributed by atoms with Crippen LogP contribution in [0.1, 0.15) is 22.9 Å². The fourth-order valence-electron chi connectivity index (χ4n) is 2.65. The Bertz CT molecular complexity index is 1120. The Hall–Kier alpha value is -2.29. The summed E-state index contributed by atoms with van der Waals surface area (Å²) in [6.45, 7) is 5.90. The highest BCUT2D eigenvalue weighted by molar-refractivity contribution is 7.99. The molecule has 1 heterocycles. The molecule has 0 unspecified atom stereocenters. The molecule has 0 bridgehead atoms. The number of thiophene rings is 1. The number of sulfonamides is 1. The third-order valence-electron chi connectivity index (χ3n) is 4.08. The van der Waals surface area contributed by atoms with Crippen molar-refractivity contribution in [3.05, 3.63) is 70.6 Å². The number of rotatable bonds is 7. The van der Waals surface area contributed by atoms with Gasteiger partial charge in [-0.2, -0.15) is 0 Å². The molecule has 0 saturated carbocycles. The highest BCUT2D eigenvalue weighted by Gasteiger charge is 2.17. The largest absolute Gasteiger partial charge is 0.351 e. The standard InChI is InChI=1S/C21H22N2O3S3/c1-14-4-10-20(15(2)12-14)27-18-7-5-17(6-8-18)23-29(25,26)21-11-9-19(28-21)13-22-16(3)24/h4-12,23H,13H2,1-3H3,(H,22,24). The maximum atomic E-state index is 12.6. The quantitative estimate of drug-likeness (QED) is 0.538. The molecule has 0 aliphatic carbocycles. The van der Waals surface area contributed by atoms with Crippen LogP contribution in [0.5, 0.6) is 0 Å². The maximum absolute atomic E-state index is 12.6. The topological polar surface area (TPSA) is 75.3 Å². The van der Waals surface area contributed by atoms with E-state index >= 15 is 0 Å². The van der Waals surface area contributed by atoms with Gasteiger partial charge >= 0.3 is 0 Å². The molecule has 1 amide bonds. The first kappa shape index (κ1) is 21.4. The first-order valence-corrected chi connectivity index (χ1v) is 12.1. The van der Waals surface area contributed by atoms with Crippen LogP contribution in [0.2, 0.25) is 0 Å². The number of nitrogens with one attached hydrogen (secondary N) is 2. The minimum Gasteiger partial charge on any atom is -0.351 e.